The molecule has 1 amide bonds. The van der Waals surface area contributed by atoms with E-state index in [1.807, 2.05) is 35.8 Å². The van der Waals surface area contributed by atoms with Crippen molar-refractivity contribution in [2.75, 3.05) is 13.1 Å². The summed E-state index contributed by atoms with van der Waals surface area (Å²) in [5.41, 5.74) is 3.45. The quantitative estimate of drug-likeness (QED) is 0.612. The summed E-state index contributed by atoms with van der Waals surface area (Å²) in [6.45, 7) is 3.73. The first-order valence-corrected chi connectivity index (χ1v) is 10.5. The van der Waals surface area contributed by atoms with Crippen molar-refractivity contribution in [2.24, 2.45) is 0 Å². The number of hydrogen-bond acceptors (Lipinski definition) is 3. The molecule has 0 spiro atoms. The summed E-state index contributed by atoms with van der Waals surface area (Å²) >= 11 is 1.94. The molecule has 1 aliphatic rings. The molecule has 0 bridgehead atoms. The normalized spacial score (nSPS) is 15.2. The maximum Gasteiger partial charge on any atom is 0.222 e. The maximum atomic E-state index is 11.8. The third-order valence-electron chi connectivity index (χ3n) is 5.19. The van der Waals surface area contributed by atoms with E-state index in [2.05, 4.69) is 53.5 Å². The summed E-state index contributed by atoms with van der Waals surface area (Å²) in [5.74, 6) is 0.285. The largest absolute Gasteiger partial charge is 0.343 e. The van der Waals surface area contributed by atoms with Gasteiger partial charge in [-0.2, -0.15) is 0 Å². The molecule has 3 nitrogen and oxygen atoms in total. The van der Waals surface area contributed by atoms with Gasteiger partial charge in [-0.25, -0.2) is 0 Å². The number of aromatic nitrogens is 1. The van der Waals surface area contributed by atoms with Gasteiger partial charge >= 0.3 is 0 Å². The van der Waals surface area contributed by atoms with E-state index in [1.165, 1.54) is 21.4 Å². The Morgan fingerprint density at radius 3 is 2.56 bits per heavy atom. The minimum atomic E-state index is 0.285. The summed E-state index contributed by atoms with van der Waals surface area (Å²) in [6.07, 6.45) is 4.61. The minimum absolute atomic E-state index is 0.285. The van der Waals surface area contributed by atoms with Gasteiger partial charge in [0.2, 0.25) is 5.91 Å². The predicted octanol–water partition coefficient (Wildman–Crippen LogP) is 5.39. The van der Waals surface area contributed by atoms with Gasteiger partial charge in [0.1, 0.15) is 0 Å². The number of likely N-dealkylation sites (tertiary alicyclic amines) is 1. The van der Waals surface area contributed by atoms with E-state index < -0.39 is 0 Å². The molecular weight excluding hydrogens is 352 g/mol. The molecule has 3 aromatic rings. The first-order valence-electron chi connectivity index (χ1n) is 9.62. The molecule has 1 saturated heterocycles. The zero-order valence-electron chi connectivity index (χ0n) is 15.6. The number of pyridine rings is 1. The van der Waals surface area contributed by atoms with Crippen molar-refractivity contribution in [2.45, 2.75) is 36.3 Å². The molecule has 0 N–H and O–H groups in total. The van der Waals surface area contributed by atoms with Crippen LogP contribution in [0.2, 0.25) is 0 Å². The van der Waals surface area contributed by atoms with E-state index >= 15 is 0 Å². The molecule has 4 rings (SSSR count). The van der Waals surface area contributed by atoms with Gasteiger partial charge in [0, 0.05) is 41.2 Å². The highest BCUT2D eigenvalue weighted by Crippen LogP contribution is 2.32. The summed E-state index contributed by atoms with van der Waals surface area (Å²) in [5, 5.41) is 1.77. The van der Waals surface area contributed by atoms with Crippen molar-refractivity contribution in [3.05, 3.63) is 60.8 Å². The molecule has 2 heterocycles. The number of nitrogens with zero attached hydrogens (tertiary/aromatic N) is 2. The molecule has 1 aromatic heterocycles. The molecule has 0 aliphatic carbocycles. The number of carbonyl (C=O) groups excluding carboxylic acids is 1. The van der Waals surface area contributed by atoms with Gasteiger partial charge in [-0.15, -0.1) is 11.8 Å². The summed E-state index contributed by atoms with van der Waals surface area (Å²) < 4.78 is 0. The third kappa shape index (κ3) is 4.16. The Kier molecular flexibility index (Phi) is 5.44. The number of carbonyl (C=O) groups is 1. The van der Waals surface area contributed by atoms with Crippen molar-refractivity contribution in [1.82, 2.24) is 9.88 Å². The molecular formula is C23H24N2OS. The third-order valence-corrected chi connectivity index (χ3v) is 6.54. The molecule has 0 radical (unpaired) electrons. The summed E-state index contributed by atoms with van der Waals surface area (Å²) in [4.78, 5) is 19.6. The average molecular weight is 377 g/mol. The van der Waals surface area contributed by atoms with Crippen LogP contribution in [0.4, 0.5) is 0 Å². The van der Waals surface area contributed by atoms with E-state index in [9.17, 15) is 4.79 Å². The predicted molar refractivity (Wildman–Crippen MR) is 113 cm³/mol. The van der Waals surface area contributed by atoms with Crippen molar-refractivity contribution >= 4 is 28.6 Å². The second-order valence-electron chi connectivity index (χ2n) is 6.99. The zero-order chi connectivity index (χ0) is 18.6. The summed E-state index contributed by atoms with van der Waals surface area (Å²) in [7, 11) is 0. The zero-order valence-corrected chi connectivity index (χ0v) is 16.4. The molecule has 4 heteroatoms. The highest BCUT2D eigenvalue weighted by molar-refractivity contribution is 8.00. The van der Waals surface area contributed by atoms with Crippen LogP contribution in [0, 0.1) is 0 Å². The lowest BCUT2D eigenvalue weighted by atomic mass is 10.0. The van der Waals surface area contributed by atoms with E-state index in [1.54, 1.807) is 0 Å². The smallest absolute Gasteiger partial charge is 0.222 e. The Bertz CT molecular complexity index is 931. The SMILES string of the molecule is CCC(=O)N1CCC(Sc2ccc(-c3ccc4cccnc4c3)cc2)CC1. The lowest BCUT2D eigenvalue weighted by molar-refractivity contribution is -0.131. The van der Waals surface area contributed by atoms with Gasteiger partial charge < -0.3 is 4.90 Å². The Balaban J connectivity index is 1.41. The fraction of sp³-hybridized carbons (Fsp3) is 0.304. The van der Waals surface area contributed by atoms with Crippen LogP contribution in [0.1, 0.15) is 26.2 Å². The number of piperidine rings is 1. The molecule has 1 fully saturated rings. The van der Waals surface area contributed by atoms with E-state index in [0.717, 1.165) is 31.4 Å². The Hall–Kier alpha value is -2.33. The van der Waals surface area contributed by atoms with Crippen LogP contribution in [0.5, 0.6) is 0 Å². The average Bonchev–Trinajstić information content (AvgIpc) is 2.74. The van der Waals surface area contributed by atoms with Crippen LogP contribution < -0.4 is 0 Å². The van der Waals surface area contributed by atoms with Gasteiger partial charge in [-0.3, -0.25) is 9.78 Å². The van der Waals surface area contributed by atoms with Crippen LogP contribution in [-0.2, 0) is 4.79 Å². The van der Waals surface area contributed by atoms with E-state index in [0.29, 0.717) is 11.7 Å². The monoisotopic (exact) mass is 376 g/mol. The standard InChI is InChI=1S/C23H24N2OS/c1-2-23(26)25-14-11-21(12-15-25)27-20-9-7-17(8-10-20)19-6-5-18-4-3-13-24-22(18)16-19/h3-10,13,16,21H,2,11-12,14-15H2,1H3. The van der Waals surface area contributed by atoms with Crippen LogP contribution in [0.25, 0.3) is 22.0 Å². The highest BCUT2D eigenvalue weighted by atomic mass is 32.2. The van der Waals surface area contributed by atoms with Gasteiger partial charge in [0.05, 0.1) is 5.52 Å². The molecule has 1 aliphatic heterocycles. The van der Waals surface area contributed by atoms with Crippen molar-refractivity contribution in [3.8, 4) is 11.1 Å². The second-order valence-corrected chi connectivity index (χ2v) is 8.36. The maximum absolute atomic E-state index is 11.8. The molecule has 0 atom stereocenters. The molecule has 27 heavy (non-hydrogen) atoms. The minimum Gasteiger partial charge on any atom is -0.343 e. The molecule has 2 aromatic carbocycles. The van der Waals surface area contributed by atoms with Crippen LogP contribution in [0.3, 0.4) is 0 Å². The van der Waals surface area contributed by atoms with Crippen LogP contribution in [-0.4, -0.2) is 34.1 Å². The number of thioether (sulfide) groups is 1. The fourth-order valence-electron chi connectivity index (χ4n) is 3.61. The lowest BCUT2D eigenvalue weighted by Crippen LogP contribution is -2.38. The Morgan fingerprint density at radius 1 is 1.07 bits per heavy atom. The Morgan fingerprint density at radius 2 is 1.81 bits per heavy atom. The van der Waals surface area contributed by atoms with E-state index in [4.69, 9.17) is 0 Å². The number of rotatable bonds is 4. The number of benzene rings is 2. The van der Waals surface area contributed by atoms with Gasteiger partial charge in [0.15, 0.2) is 0 Å². The van der Waals surface area contributed by atoms with Crippen molar-refractivity contribution in [3.63, 3.8) is 0 Å². The van der Waals surface area contributed by atoms with Gasteiger partial charge in [0.25, 0.3) is 0 Å². The van der Waals surface area contributed by atoms with Crippen molar-refractivity contribution < 1.29 is 4.79 Å². The first kappa shape index (κ1) is 18.1. The lowest BCUT2D eigenvalue weighted by Gasteiger charge is -2.31. The Labute approximate surface area is 164 Å². The molecule has 138 valence electrons. The highest BCUT2D eigenvalue weighted by Gasteiger charge is 2.22. The van der Waals surface area contributed by atoms with Crippen molar-refractivity contribution in [1.29, 1.82) is 0 Å². The number of amides is 1. The van der Waals surface area contributed by atoms with Gasteiger partial charge in [-0.1, -0.05) is 37.3 Å². The first-order chi connectivity index (χ1) is 13.2. The summed E-state index contributed by atoms with van der Waals surface area (Å²) in [6, 6.07) is 19.3. The topological polar surface area (TPSA) is 33.2 Å². The number of hydrogen-bond donors (Lipinski definition) is 0. The molecule has 0 saturated carbocycles. The molecule has 0 unspecified atom stereocenters. The van der Waals surface area contributed by atoms with Gasteiger partial charge in [-0.05, 0) is 48.2 Å². The van der Waals surface area contributed by atoms with Crippen LogP contribution >= 0.6 is 11.8 Å². The number of fused-ring (bicyclic) bond motifs is 1. The van der Waals surface area contributed by atoms with E-state index in [-0.39, 0.29) is 5.91 Å². The van der Waals surface area contributed by atoms with Crippen LogP contribution in [0.15, 0.2) is 65.7 Å². The second kappa shape index (κ2) is 8.13. The fourth-order valence-corrected chi connectivity index (χ4v) is 4.74.